The highest BCUT2D eigenvalue weighted by Crippen LogP contribution is 2.44. The second-order valence-corrected chi connectivity index (χ2v) is 11.0. The number of halogens is 3. The van der Waals surface area contributed by atoms with Crippen LogP contribution in [0.3, 0.4) is 0 Å². The molecule has 1 aliphatic heterocycles. The number of nitrogens with zero attached hydrogens (tertiary/aromatic N) is 2. The first kappa shape index (κ1) is 29.4. The lowest BCUT2D eigenvalue weighted by atomic mass is 9.86. The molecule has 0 radical (unpaired) electrons. The van der Waals surface area contributed by atoms with Gasteiger partial charge in [0.1, 0.15) is 0 Å². The van der Waals surface area contributed by atoms with Gasteiger partial charge in [-0.1, -0.05) is 36.7 Å². The molecule has 0 bridgehead atoms. The van der Waals surface area contributed by atoms with Gasteiger partial charge in [-0.3, -0.25) is 4.79 Å². The summed E-state index contributed by atoms with van der Waals surface area (Å²) in [5, 5.41) is 0.608. The zero-order chi connectivity index (χ0) is 30.0. The summed E-state index contributed by atoms with van der Waals surface area (Å²) < 4.78 is 39.0. The Morgan fingerprint density at radius 3 is 2.33 bits per heavy atom. The third-order valence-electron chi connectivity index (χ3n) is 7.65. The smallest absolute Gasteiger partial charge is 0.232 e. The van der Waals surface area contributed by atoms with E-state index in [4.69, 9.17) is 21.1 Å². The van der Waals surface area contributed by atoms with Gasteiger partial charge in [-0.05, 0) is 96.3 Å². The number of fused-ring (bicyclic) bond motifs is 1. The Balaban J connectivity index is 1.52. The van der Waals surface area contributed by atoms with Crippen LogP contribution < -0.4 is 19.3 Å². The van der Waals surface area contributed by atoms with Gasteiger partial charge in [-0.25, -0.2) is 8.78 Å². The standard InChI is InChI=1S/C34H33ClF2N2O3/c1-5-21(2)42-32-19-28-24(17-31(32)41-4)18-33(40)39(34(28)23-7-9-25(35)10-8-23)27-13-11-26(12-14-27)38(3)20-22-6-15-29(36)30(37)16-22/h6-17,19,21,34H,5,18,20H2,1-4H3. The van der Waals surface area contributed by atoms with Crippen LogP contribution in [0.2, 0.25) is 5.02 Å². The van der Waals surface area contributed by atoms with E-state index in [1.807, 2.05) is 84.4 Å². The Bertz CT molecular complexity index is 1580. The molecule has 4 aromatic rings. The number of methoxy groups -OCH3 is 1. The summed E-state index contributed by atoms with van der Waals surface area (Å²) in [5.41, 5.74) is 4.99. The molecular weight excluding hydrogens is 558 g/mol. The maximum atomic E-state index is 13.8. The number of hydrogen-bond donors (Lipinski definition) is 0. The lowest BCUT2D eigenvalue weighted by Gasteiger charge is -2.38. The number of ether oxygens (including phenoxy) is 2. The average Bonchev–Trinajstić information content (AvgIpc) is 2.98. The van der Waals surface area contributed by atoms with Crippen LogP contribution in [0.5, 0.6) is 11.5 Å². The molecule has 0 aromatic heterocycles. The second kappa shape index (κ2) is 12.4. The van der Waals surface area contributed by atoms with E-state index in [9.17, 15) is 13.6 Å². The molecule has 2 atom stereocenters. The molecule has 1 amide bonds. The van der Waals surface area contributed by atoms with Crippen molar-refractivity contribution < 1.29 is 23.0 Å². The maximum Gasteiger partial charge on any atom is 0.232 e. The van der Waals surface area contributed by atoms with Gasteiger partial charge >= 0.3 is 0 Å². The van der Waals surface area contributed by atoms with Crippen molar-refractivity contribution in [3.63, 3.8) is 0 Å². The van der Waals surface area contributed by atoms with E-state index in [0.717, 1.165) is 40.6 Å². The fraction of sp³-hybridized carbons (Fsp3) is 0.265. The third kappa shape index (κ3) is 6.07. The molecule has 5 rings (SSSR count). The van der Waals surface area contributed by atoms with Crippen LogP contribution in [0.1, 0.15) is 48.6 Å². The lowest BCUT2D eigenvalue weighted by Crippen LogP contribution is -2.41. The number of carbonyl (C=O) groups excluding carboxylic acids is 1. The Kier molecular flexibility index (Phi) is 8.69. The van der Waals surface area contributed by atoms with Gasteiger partial charge in [-0.15, -0.1) is 0 Å². The minimum absolute atomic E-state index is 0.0109. The minimum atomic E-state index is -0.872. The molecule has 0 aliphatic carbocycles. The predicted molar refractivity (Wildman–Crippen MR) is 163 cm³/mol. The second-order valence-electron chi connectivity index (χ2n) is 10.6. The molecule has 218 valence electrons. The van der Waals surface area contributed by atoms with Crippen LogP contribution in [0.15, 0.2) is 78.9 Å². The summed E-state index contributed by atoms with van der Waals surface area (Å²) in [5.74, 6) is -0.566. The Morgan fingerprint density at radius 1 is 0.976 bits per heavy atom. The van der Waals surface area contributed by atoms with Crippen LogP contribution >= 0.6 is 11.6 Å². The van der Waals surface area contributed by atoms with Crippen molar-refractivity contribution in [2.24, 2.45) is 0 Å². The molecule has 0 spiro atoms. The lowest BCUT2D eigenvalue weighted by molar-refractivity contribution is -0.118. The van der Waals surface area contributed by atoms with Gasteiger partial charge in [0.25, 0.3) is 0 Å². The van der Waals surface area contributed by atoms with Gasteiger partial charge in [0.05, 0.1) is 25.7 Å². The average molecular weight is 591 g/mol. The van der Waals surface area contributed by atoms with Crippen molar-refractivity contribution in [3.8, 4) is 11.5 Å². The third-order valence-corrected chi connectivity index (χ3v) is 7.90. The van der Waals surface area contributed by atoms with Crippen LogP contribution in [-0.2, 0) is 17.8 Å². The van der Waals surface area contributed by atoms with E-state index < -0.39 is 17.7 Å². The SMILES string of the molecule is CCC(C)Oc1cc2c(cc1OC)CC(=O)N(c1ccc(N(C)Cc3ccc(F)c(F)c3)cc1)C2c1ccc(Cl)cc1. The molecule has 1 aliphatic rings. The fourth-order valence-corrected chi connectivity index (χ4v) is 5.37. The fourth-order valence-electron chi connectivity index (χ4n) is 5.25. The first-order valence-electron chi connectivity index (χ1n) is 13.9. The number of anilines is 2. The minimum Gasteiger partial charge on any atom is -0.493 e. The van der Waals surface area contributed by atoms with Crippen LogP contribution in [0.4, 0.5) is 20.2 Å². The summed E-state index contributed by atoms with van der Waals surface area (Å²) in [6.45, 7) is 4.46. The normalized spacial score (nSPS) is 15.3. The van der Waals surface area contributed by atoms with E-state index in [1.165, 1.54) is 6.07 Å². The van der Waals surface area contributed by atoms with Crippen molar-refractivity contribution in [2.45, 2.75) is 45.4 Å². The van der Waals surface area contributed by atoms with Crippen molar-refractivity contribution in [1.82, 2.24) is 0 Å². The molecule has 5 nitrogen and oxygen atoms in total. The van der Waals surface area contributed by atoms with Gasteiger partial charge in [0.15, 0.2) is 23.1 Å². The Morgan fingerprint density at radius 2 is 1.69 bits per heavy atom. The summed E-state index contributed by atoms with van der Waals surface area (Å²) >= 11 is 6.23. The Labute approximate surface area is 250 Å². The number of carbonyl (C=O) groups is 1. The molecule has 0 saturated carbocycles. The number of rotatable bonds is 9. The van der Waals surface area contributed by atoms with Gasteiger partial charge in [0, 0.05) is 30.0 Å². The molecule has 0 fully saturated rings. The topological polar surface area (TPSA) is 42.0 Å². The van der Waals surface area contributed by atoms with Crippen LogP contribution in [0.25, 0.3) is 0 Å². The predicted octanol–water partition coefficient (Wildman–Crippen LogP) is 8.12. The molecule has 4 aromatic carbocycles. The monoisotopic (exact) mass is 590 g/mol. The van der Waals surface area contributed by atoms with Crippen molar-refractivity contribution >= 4 is 28.9 Å². The van der Waals surface area contributed by atoms with E-state index in [-0.39, 0.29) is 18.4 Å². The molecule has 42 heavy (non-hydrogen) atoms. The molecule has 2 unspecified atom stereocenters. The van der Waals surface area contributed by atoms with Crippen LogP contribution in [0, 0.1) is 11.6 Å². The van der Waals surface area contributed by atoms with Crippen molar-refractivity contribution in [1.29, 1.82) is 0 Å². The maximum absolute atomic E-state index is 13.8. The van der Waals surface area contributed by atoms with Crippen molar-refractivity contribution in [3.05, 3.63) is 118 Å². The van der Waals surface area contributed by atoms with Crippen molar-refractivity contribution in [2.75, 3.05) is 24.0 Å². The number of amides is 1. The summed E-state index contributed by atoms with van der Waals surface area (Å²) in [4.78, 5) is 17.5. The van der Waals surface area contributed by atoms with E-state index in [1.54, 1.807) is 13.2 Å². The largest absolute Gasteiger partial charge is 0.493 e. The Hall–Kier alpha value is -4.10. The first-order chi connectivity index (χ1) is 20.2. The summed E-state index contributed by atoms with van der Waals surface area (Å²) in [7, 11) is 3.48. The van der Waals surface area contributed by atoms with Gasteiger partial charge in [-0.2, -0.15) is 0 Å². The van der Waals surface area contributed by atoms with Gasteiger partial charge < -0.3 is 19.3 Å². The highest BCUT2D eigenvalue weighted by molar-refractivity contribution is 6.30. The van der Waals surface area contributed by atoms with E-state index in [0.29, 0.717) is 28.6 Å². The van der Waals surface area contributed by atoms with Gasteiger partial charge in [0.2, 0.25) is 5.91 Å². The summed E-state index contributed by atoms with van der Waals surface area (Å²) in [6, 6.07) is 22.5. The highest BCUT2D eigenvalue weighted by atomic mass is 35.5. The number of hydrogen-bond acceptors (Lipinski definition) is 4. The number of benzene rings is 4. The van der Waals surface area contributed by atoms with E-state index >= 15 is 0 Å². The zero-order valence-corrected chi connectivity index (χ0v) is 24.8. The first-order valence-corrected chi connectivity index (χ1v) is 14.3. The molecular formula is C34H33ClF2N2O3. The molecule has 1 heterocycles. The summed E-state index contributed by atoms with van der Waals surface area (Å²) in [6.07, 6.45) is 1.03. The van der Waals surface area contributed by atoms with E-state index in [2.05, 4.69) is 6.92 Å². The quantitative estimate of drug-likeness (QED) is 0.197. The molecule has 0 saturated heterocycles. The molecule has 0 N–H and O–H groups in total. The molecule has 8 heteroatoms. The van der Waals surface area contributed by atoms with Crippen LogP contribution in [-0.4, -0.2) is 26.2 Å². The highest BCUT2D eigenvalue weighted by Gasteiger charge is 2.36. The zero-order valence-electron chi connectivity index (χ0n) is 24.0.